The van der Waals surface area contributed by atoms with E-state index in [0.717, 1.165) is 4.57 Å². The second kappa shape index (κ2) is 8.25. The zero-order valence-electron chi connectivity index (χ0n) is 15.5. The molecular formula is C18H15ClN4O7. The van der Waals surface area contributed by atoms with E-state index in [1.165, 1.54) is 37.7 Å². The molecule has 0 radical (unpaired) electrons. The van der Waals surface area contributed by atoms with Gasteiger partial charge in [-0.2, -0.15) is 0 Å². The first kappa shape index (κ1) is 20.9. The molecule has 0 saturated heterocycles. The Hall–Kier alpha value is -3.86. The Morgan fingerprint density at radius 2 is 1.97 bits per heavy atom. The van der Waals surface area contributed by atoms with Gasteiger partial charge in [-0.3, -0.25) is 23.9 Å². The summed E-state index contributed by atoms with van der Waals surface area (Å²) in [5.74, 6) is -2.20. The molecule has 2 heterocycles. The highest BCUT2D eigenvalue weighted by Gasteiger charge is 2.18. The Labute approximate surface area is 172 Å². The summed E-state index contributed by atoms with van der Waals surface area (Å²) in [4.78, 5) is 52.7. The number of methoxy groups -OCH3 is 1. The van der Waals surface area contributed by atoms with Crippen molar-refractivity contribution in [2.24, 2.45) is 0 Å². The number of nitrogens with one attached hydrogen (secondary N) is 1. The number of carbonyl (C=O) groups excluding carboxylic acids is 1. The quantitative estimate of drug-likeness (QED) is 0.478. The van der Waals surface area contributed by atoms with E-state index in [1.807, 2.05) is 0 Å². The average molecular weight is 435 g/mol. The maximum Gasteiger partial charge on any atom is 0.332 e. The number of carboxylic acid groups (broad SMARTS) is 1. The van der Waals surface area contributed by atoms with E-state index in [0.29, 0.717) is 4.57 Å². The summed E-state index contributed by atoms with van der Waals surface area (Å²) < 4.78 is 6.55. The third-order valence-electron chi connectivity index (χ3n) is 4.17. The number of benzene rings is 1. The number of phenolic OH excluding ortho intramolecular Hbond substituents is 1. The van der Waals surface area contributed by atoms with Gasteiger partial charge < -0.3 is 20.3 Å². The molecule has 0 bridgehead atoms. The van der Waals surface area contributed by atoms with Gasteiger partial charge in [-0.25, -0.2) is 9.36 Å². The number of amides is 1. The minimum absolute atomic E-state index is 0.0314. The number of aromatic hydroxyl groups is 1. The number of halogens is 1. The Kier molecular flexibility index (Phi) is 5.74. The van der Waals surface area contributed by atoms with E-state index < -0.39 is 36.2 Å². The van der Waals surface area contributed by atoms with Gasteiger partial charge in [-0.1, -0.05) is 11.6 Å². The van der Waals surface area contributed by atoms with Crippen molar-refractivity contribution < 1.29 is 24.5 Å². The summed E-state index contributed by atoms with van der Waals surface area (Å²) >= 11 is 5.86. The number of carbonyl (C=O) groups is 2. The highest BCUT2D eigenvalue weighted by atomic mass is 35.5. The molecule has 30 heavy (non-hydrogen) atoms. The van der Waals surface area contributed by atoms with Crippen LogP contribution in [0.3, 0.4) is 0 Å². The van der Waals surface area contributed by atoms with Gasteiger partial charge in [0, 0.05) is 12.3 Å². The highest BCUT2D eigenvalue weighted by Crippen LogP contribution is 2.35. The molecule has 3 aromatic rings. The monoisotopic (exact) mass is 434 g/mol. The Morgan fingerprint density at radius 3 is 2.63 bits per heavy atom. The summed E-state index contributed by atoms with van der Waals surface area (Å²) in [6.07, 6.45) is 2.54. The van der Waals surface area contributed by atoms with Crippen molar-refractivity contribution in [1.82, 2.24) is 14.1 Å². The molecule has 2 aromatic heterocycles. The molecule has 3 rings (SSSR count). The molecule has 0 fully saturated rings. The fourth-order valence-electron chi connectivity index (χ4n) is 2.83. The minimum Gasteiger partial charge on any atom is -0.506 e. The molecule has 11 nitrogen and oxygen atoms in total. The summed E-state index contributed by atoms with van der Waals surface area (Å²) in [6, 6.07) is 3.80. The highest BCUT2D eigenvalue weighted by molar-refractivity contribution is 6.32. The smallest absolute Gasteiger partial charge is 0.332 e. The molecule has 0 atom stereocenters. The molecule has 0 aliphatic carbocycles. The van der Waals surface area contributed by atoms with Crippen molar-refractivity contribution in [3.05, 3.63) is 56.5 Å². The summed E-state index contributed by atoms with van der Waals surface area (Å²) in [5.41, 5.74) is -1.57. The number of pyridine rings is 1. The molecule has 1 amide bonds. The van der Waals surface area contributed by atoms with Gasteiger partial charge in [0.25, 0.3) is 5.56 Å². The van der Waals surface area contributed by atoms with Gasteiger partial charge in [0.2, 0.25) is 5.91 Å². The molecule has 3 N–H and O–H groups in total. The van der Waals surface area contributed by atoms with Crippen molar-refractivity contribution in [2.75, 3.05) is 12.4 Å². The molecule has 0 saturated carbocycles. The molecule has 1 aromatic carbocycles. The molecule has 0 aliphatic rings. The molecule has 12 heteroatoms. The maximum absolute atomic E-state index is 12.7. The number of ether oxygens (including phenoxy) is 1. The van der Waals surface area contributed by atoms with Crippen molar-refractivity contribution in [3.8, 4) is 11.5 Å². The first-order valence-corrected chi connectivity index (χ1v) is 8.76. The number of aromatic nitrogens is 3. The molecule has 0 unspecified atom stereocenters. The van der Waals surface area contributed by atoms with E-state index in [9.17, 15) is 24.3 Å². The van der Waals surface area contributed by atoms with Crippen LogP contribution in [0.1, 0.15) is 0 Å². The van der Waals surface area contributed by atoms with E-state index in [1.54, 1.807) is 0 Å². The van der Waals surface area contributed by atoms with Crippen molar-refractivity contribution in [3.63, 3.8) is 0 Å². The van der Waals surface area contributed by atoms with Crippen molar-refractivity contribution in [1.29, 1.82) is 0 Å². The van der Waals surface area contributed by atoms with Gasteiger partial charge >= 0.3 is 11.7 Å². The standard InChI is InChI=1S/C18H15ClN4O7/c1-30-14-5-13(24)10(19)4-11(14)21-15(25)7-22-12-6-20-3-2-9(12)17(28)23(18(22)29)8-16(26)27/h2-6,24H,7-8H2,1H3,(H,21,25)(H,26,27). The molecule has 0 spiro atoms. The Morgan fingerprint density at radius 1 is 1.23 bits per heavy atom. The normalized spacial score (nSPS) is 10.7. The lowest BCUT2D eigenvalue weighted by Crippen LogP contribution is -2.43. The second-order valence-corrected chi connectivity index (χ2v) is 6.51. The molecule has 156 valence electrons. The van der Waals surface area contributed by atoms with Crippen LogP contribution in [0.25, 0.3) is 10.9 Å². The number of rotatable bonds is 6. The lowest BCUT2D eigenvalue weighted by atomic mass is 10.2. The number of fused-ring (bicyclic) bond motifs is 1. The van der Waals surface area contributed by atoms with E-state index in [-0.39, 0.29) is 33.1 Å². The average Bonchev–Trinajstić information content (AvgIpc) is 2.70. The van der Waals surface area contributed by atoms with Crippen LogP contribution in [0.4, 0.5) is 5.69 Å². The first-order chi connectivity index (χ1) is 14.2. The van der Waals surface area contributed by atoms with Crippen molar-refractivity contribution >= 4 is 40.1 Å². The topological polar surface area (TPSA) is 153 Å². The first-order valence-electron chi connectivity index (χ1n) is 8.38. The largest absolute Gasteiger partial charge is 0.506 e. The van der Waals surface area contributed by atoms with Crippen LogP contribution < -0.4 is 21.3 Å². The zero-order valence-corrected chi connectivity index (χ0v) is 16.2. The fraction of sp³-hybridized carbons (Fsp3) is 0.167. The number of anilines is 1. The number of aliphatic carboxylic acids is 1. The fourth-order valence-corrected chi connectivity index (χ4v) is 3.00. The van der Waals surface area contributed by atoms with E-state index in [2.05, 4.69) is 10.3 Å². The third kappa shape index (κ3) is 3.96. The minimum atomic E-state index is -1.39. The SMILES string of the molecule is COc1cc(O)c(Cl)cc1NC(=O)Cn1c(=O)n(CC(=O)O)c(=O)c2ccncc21. The van der Waals surface area contributed by atoms with Gasteiger partial charge in [0.15, 0.2) is 0 Å². The maximum atomic E-state index is 12.7. The predicted octanol–water partition coefficient (Wildman–Crippen LogP) is 0.649. The van der Waals surface area contributed by atoms with Crippen LogP contribution in [0.15, 0.2) is 40.2 Å². The third-order valence-corrected chi connectivity index (χ3v) is 4.47. The number of nitrogens with zero attached hydrogens (tertiary/aromatic N) is 3. The lowest BCUT2D eigenvalue weighted by molar-refractivity contribution is -0.137. The van der Waals surface area contributed by atoms with Crippen LogP contribution in [0, 0.1) is 0 Å². The van der Waals surface area contributed by atoms with Gasteiger partial charge in [-0.15, -0.1) is 0 Å². The van der Waals surface area contributed by atoms with Gasteiger partial charge in [-0.05, 0) is 12.1 Å². The number of hydrogen-bond acceptors (Lipinski definition) is 7. The van der Waals surface area contributed by atoms with Gasteiger partial charge in [0.05, 0.1) is 34.9 Å². The molecular weight excluding hydrogens is 420 g/mol. The second-order valence-electron chi connectivity index (χ2n) is 6.10. The number of hydrogen-bond donors (Lipinski definition) is 3. The Bertz CT molecular complexity index is 1280. The van der Waals surface area contributed by atoms with Gasteiger partial charge in [0.1, 0.15) is 24.6 Å². The number of phenols is 1. The summed E-state index contributed by atoms with van der Waals surface area (Å²) in [6.45, 7) is -1.42. The lowest BCUT2D eigenvalue weighted by Gasteiger charge is -2.14. The van der Waals surface area contributed by atoms with E-state index in [4.69, 9.17) is 21.4 Å². The summed E-state index contributed by atoms with van der Waals surface area (Å²) in [5, 5.41) is 21.2. The Balaban J connectivity index is 2.05. The van der Waals surface area contributed by atoms with Crippen LogP contribution in [0.2, 0.25) is 5.02 Å². The van der Waals surface area contributed by atoms with E-state index >= 15 is 0 Å². The predicted molar refractivity (Wildman–Crippen MR) is 106 cm³/mol. The summed E-state index contributed by atoms with van der Waals surface area (Å²) in [7, 11) is 1.32. The molecule has 0 aliphatic heterocycles. The zero-order chi connectivity index (χ0) is 22.0. The number of carboxylic acids is 1. The van der Waals surface area contributed by atoms with Crippen LogP contribution >= 0.6 is 11.6 Å². The van der Waals surface area contributed by atoms with Crippen LogP contribution in [-0.4, -0.2) is 43.3 Å². The van der Waals surface area contributed by atoms with Crippen LogP contribution in [-0.2, 0) is 22.7 Å². The van der Waals surface area contributed by atoms with Crippen molar-refractivity contribution in [2.45, 2.75) is 13.1 Å². The van der Waals surface area contributed by atoms with Crippen LogP contribution in [0.5, 0.6) is 11.5 Å².